The number of aryl methyl sites for hydroxylation is 1. The maximum Gasteiger partial charge on any atom is 0.271 e. The van der Waals surface area contributed by atoms with E-state index in [-0.39, 0.29) is 11.9 Å². The molecule has 3 aromatic carbocycles. The highest BCUT2D eigenvalue weighted by molar-refractivity contribution is 6.30. The molecule has 36 heavy (non-hydrogen) atoms. The second-order valence-electron chi connectivity index (χ2n) is 8.56. The third-order valence-electron chi connectivity index (χ3n) is 6.03. The minimum Gasteiger partial charge on any atom is -0.267 e. The maximum absolute atomic E-state index is 12.1. The Kier molecular flexibility index (Phi) is 6.87. The lowest BCUT2D eigenvalue weighted by atomic mass is 9.98. The number of hydrazone groups is 2. The molecule has 1 aromatic heterocycles. The zero-order chi connectivity index (χ0) is 24.9. The molecule has 0 unspecified atom stereocenters. The molecule has 5 rings (SSSR count). The molecule has 0 saturated heterocycles. The van der Waals surface area contributed by atoms with Gasteiger partial charge >= 0.3 is 0 Å². The lowest BCUT2D eigenvalue weighted by molar-refractivity contribution is 0.0955. The molecule has 0 spiro atoms. The molecule has 1 atom stereocenters. The number of benzene rings is 3. The number of amides is 1. The first-order valence-electron chi connectivity index (χ1n) is 11.6. The lowest BCUT2D eigenvalue weighted by Crippen LogP contribution is -2.18. The summed E-state index contributed by atoms with van der Waals surface area (Å²) < 4.78 is 0. The minimum atomic E-state index is -0.286. The van der Waals surface area contributed by atoms with Gasteiger partial charge in [0.05, 0.1) is 23.7 Å². The van der Waals surface area contributed by atoms with Crippen LogP contribution in [-0.2, 0) is 0 Å². The summed E-state index contributed by atoms with van der Waals surface area (Å²) in [5.41, 5.74) is 9.40. The van der Waals surface area contributed by atoms with E-state index in [1.54, 1.807) is 30.7 Å². The van der Waals surface area contributed by atoms with Crippen molar-refractivity contribution >= 4 is 35.1 Å². The number of carbonyl (C=O) groups excluding carboxylic acids is 1. The van der Waals surface area contributed by atoms with Gasteiger partial charge < -0.3 is 0 Å². The van der Waals surface area contributed by atoms with Crippen LogP contribution < -0.4 is 10.4 Å². The molecule has 1 aliphatic heterocycles. The molecule has 178 valence electrons. The van der Waals surface area contributed by atoms with E-state index >= 15 is 0 Å². The van der Waals surface area contributed by atoms with Crippen LogP contribution >= 0.6 is 11.6 Å². The highest BCUT2D eigenvalue weighted by Gasteiger charge is 2.29. The fraction of sp³-hybridized carbons (Fsp3) is 0.103. The van der Waals surface area contributed by atoms with Crippen molar-refractivity contribution < 1.29 is 4.79 Å². The van der Waals surface area contributed by atoms with Crippen LogP contribution in [0.2, 0.25) is 5.02 Å². The number of carbonyl (C=O) groups is 1. The van der Waals surface area contributed by atoms with Gasteiger partial charge in [-0.05, 0) is 60.0 Å². The van der Waals surface area contributed by atoms with Crippen molar-refractivity contribution in [1.29, 1.82) is 0 Å². The zero-order valence-corrected chi connectivity index (χ0v) is 20.4. The number of nitrogens with zero attached hydrogens (tertiary/aromatic N) is 4. The lowest BCUT2D eigenvalue weighted by Gasteiger charge is -2.24. The van der Waals surface area contributed by atoms with Crippen molar-refractivity contribution in [1.82, 2.24) is 10.4 Å². The number of anilines is 1. The smallest absolute Gasteiger partial charge is 0.267 e. The molecule has 1 amide bonds. The van der Waals surface area contributed by atoms with Crippen molar-refractivity contribution in [3.05, 3.63) is 130 Å². The third-order valence-corrected chi connectivity index (χ3v) is 6.28. The van der Waals surface area contributed by atoms with Crippen LogP contribution in [0.3, 0.4) is 0 Å². The van der Waals surface area contributed by atoms with E-state index in [9.17, 15) is 4.79 Å². The summed E-state index contributed by atoms with van der Waals surface area (Å²) in [6, 6.07) is 27.7. The van der Waals surface area contributed by atoms with E-state index in [4.69, 9.17) is 16.7 Å². The summed E-state index contributed by atoms with van der Waals surface area (Å²) in [4.78, 5) is 16.1. The molecule has 6 nitrogen and oxygen atoms in total. The molecular formula is C29H24ClN5O. The number of pyridine rings is 1. The van der Waals surface area contributed by atoms with Crippen LogP contribution in [0.4, 0.5) is 5.69 Å². The van der Waals surface area contributed by atoms with Crippen LogP contribution in [0, 0.1) is 6.92 Å². The Morgan fingerprint density at radius 3 is 2.36 bits per heavy atom. The normalized spacial score (nSPS) is 15.2. The summed E-state index contributed by atoms with van der Waals surface area (Å²) >= 11 is 6.14. The summed E-state index contributed by atoms with van der Waals surface area (Å²) in [6.45, 7) is 2.08. The van der Waals surface area contributed by atoms with Gasteiger partial charge in [0.15, 0.2) is 0 Å². The summed E-state index contributed by atoms with van der Waals surface area (Å²) in [6.07, 6.45) is 5.54. The highest BCUT2D eigenvalue weighted by atomic mass is 35.5. The van der Waals surface area contributed by atoms with Crippen LogP contribution in [0.1, 0.15) is 45.1 Å². The van der Waals surface area contributed by atoms with Crippen molar-refractivity contribution in [2.75, 3.05) is 5.01 Å². The Balaban J connectivity index is 1.36. The molecule has 0 fully saturated rings. The van der Waals surface area contributed by atoms with E-state index in [0.29, 0.717) is 10.6 Å². The van der Waals surface area contributed by atoms with Gasteiger partial charge in [0.2, 0.25) is 0 Å². The van der Waals surface area contributed by atoms with Crippen LogP contribution in [0.15, 0.2) is 108 Å². The number of halogens is 1. The molecular weight excluding hydrogens is 470 g/mol. The van der Waals surface area contributed by atoms with Crippen molar-refractivity contribution in [3.8, 4) is 0 Å². The van der Waals surface area contributed by atoms with Crippen LogP contribution in [0.5, 0.6) is 0 Å². The van der Waals surface area contributed by atoms with Crippen molar-refractivity contribution in [2.24, 2.45) is 10.2 Å². The first-order chi connectivity index (χ1) is 17.6. The Morgan fingerprint density at radius 2 is 1.67 bits per heavy atom. The number of rotatable bonds is 6. The van der Waals surface area contributed by atoms with E-state index in [2.05, 4.69) is 63.8 Å². The average Bonchev–Trinajstić information content (AvgIpc) is 3.36. The number of aromatic nitrogens is 1. The Bertz CT molecular complexity index is 1400. The van der Waals surface area contributed by atoms with Crippen LogP contribution in [0.25, 0.3) is 0 Å². The van der Waals surface area contributed by atoms with Crippen LogP contribution in [-0.4, -0.2) is 22.8 Å². The Hall–Kier alpha value is -4.29. The zero-order valence-electron chi connectivity index (χ0n) is 19.7. The molecule has 1 N–H and O–H groups in total. The van der Waals surface area contributed by atoms with E-state index in [1.165, 1.54) is 5.56 Å². The second-order valence-corrected chi connectivity index (χ2v) is 8.99. The highest BCUT2D eigenvalue weighted by Crippen LogP contribution is 2.37. The molecule has 7 heteroatoms. The van der Waals surface area contributed by atoms with Gasteiger partial charge in [-0.1, -0.05) is 65.7 Å². The van der Waals surface area contributed by atoms with Gasteiger partial charge in [-0.3, -0.25) is 14.8 Å². The van der Waals surface area contributed by atoms with E-state index < -0.39 is 0 Å². The Morgan fingerprint density at radius 1 is 0.972 bits per heavy atom. The first-order valence-corrected chi connectivity index (χ1v) is 12.0. The van der Waals surface area contributed by atoms with Gasteiger partial charge in [-0.15, -0.1) is 0 Å². The maximum atomic E-state index is 12.1. The molecule has 2 heterocycles. The molecule has 4 aromatic rings. The van der Waals surface area contributed by atoms with Gasteiger partial charge in [0, 0.05) is 29.4 Å². The largest absolute Gasteiger partial charge is 0.271 e. The topological polar surface area (TPSA) is 70.0 Å². The molecule has 1 aliphatic rings. The van der Waals surface area contributed by atoms with Crippen molar-refractivity contribution in [2.45, 2.75) is 19.4 Å². The molecule has 0 bridgehead atoms. The summed E-state index contributed by atoms with van der Waals surface area (Å²) in [5.74, 6) is -0.286. The summed E-state index contributed by atoms with van der Waals surface area (Å²) in [7, 11) is 0. The van der Waals surface area contributed by atoms with E-state index in [1.807, 2.05) is 36.4 Å². The second kappa shape index (κ2) is 10.5. The fourth-order valence-corrected chi connectivity index (χ4v) is 4.19. The predicted octanol–water partition coefficient (Wildman–Crippen LogP) is 6.16. The number of hydrogen-bond acceptors (Lipinski definition) is 5. The number of nitrogens with one attached hydrogen (secondary N) is 1. The van der Waals surface area contributed by atoms with E-state index in [0.717, 1.165) is 34.5 Å². The molecule has 0 aliphatic carbocycles. The molecule has 0 saturated carbocycles. The van der Waals surface area contributed by atoms with Gasteiger partial charge in [-0.2, -0.15) is 10.2 Å². The van der Waals surface area contributed by atoms with Gasteiger partial charge in [0.1, 0.15) is 0 Å². The monoisotopic (exact) mass is 493 g/mol. The quantitative estimate of drug-likeness (QED) is 0.258. The van der Waals surface area contributed by atoms with Crippen molar-refractivity contribution in [3.63, 3.8) is 0 Å². The average molecular weight is 494 g/mol. The predicted molar refractivity (Wildman–Crippen MR) is 145 cm³/mol. The van der Waals surface area contributed by atoms with Gasteiger partial charge in [-0.25, -0.2) is 5.43 Å². The number of hydrogen-bond donors (Lipinski definition) is 1. The molecule has 0 radical (unpaired) electrons. The van der Waals surface area contributed by atoms with Gasteiger partial charge in [0.25, 0.3) is 5.91 Å². The first kappa shape index (κ1) is 23.5. The standard InChI is InChI=1S/C29H24ClN5O/c1-20-2-6-22(7-3-20)27-18-28(23-8-10-25(30)11-9-23)35(34-27)26-12-4-21(5-13-26)19-32-33-29(36)24-14-16-31-17-15-24/h2-17,19,28H,18H2,1H3,(H,33,36)/b32-19-/t28-/m0/s1. The third kappa shape index (κ3) is 5.34. The SMILES string of the molecule is Cc1ccc(C2=NN(c3ccc(/C=N\NC(=O)c4ccncc4)cc3)[C@H](c3ccc(Cl)cc3)C2)cc1. The summed E-state index contributed by atoms with van der Waals surface area (Å²) in [5, 5.41) is 11.9. The minimum absolute atomic E-state index is 0.0535. The fourth-order valence-electron chi connectivity index (χ4n) is 4.06. The Labute approximate surface area is 215 Å².